The van der Waals surface area contributed by atoms with Gasteiger partial charge in [-0.15, -0.1) is 12.4 Å². The monoisotopic (exact) mass is 364 g/mol. The highest BCUT2D eigenvalue weighted by atomic mass is 35.5. The second-order valence-electron chi connectivity index (χ2n) is 7.96. The Morgan fingerprint density at radius 1 is 1.08 bits per heavy atom. The molecule has 1 aromatic carbocycles. The van der Waals surface area contributed by atoms with Crippen molar-refractivity contribution in [3.63, 3.8) is 0 Å². The van der Waals surface area contributed by atoms with Crippen molar-refractivity contribution in [2.75, 3.05) is 11.9 Å². The van der Waals surface area contributed by atoms with Crippen molar-refractivity contribution < 1.29 is 9.53 Å². The van der Waals surface area contributed by atoms with Crippen molar-refractivity contribution in [3.8, 4) is 5.75 Å². The lowest BCUT2D eigenvalue weighted by Crippen LogP contribution is -2.48. The summed E-state index contributed by atoms with van der Waals surface area (Å²) in [6.45, 7) is 0.816. The minimum Gasteiger partial charge on any atom is -0.493 e. The number of halogens is 1. The Balaban J connectivity index is 0.00000182. The summed E-state index contributed by atoms with van der Waals surface area (Å²) in [4.78, 5) is 12.6. The largest absolute Gasteiger partial charge is 0.493 e. The number of carbonyl (C=O) groups is 1. The van der Waals surface area contributed by atoms with Crippen LogP contribution in [0.25, 0.3) is 0 Å². The van der Waals surface area contributed by atoms with E-state index in [1.807, 2.05) is 24.3 Å². The molecule has 25 heavy (non-hydrogen) atoms. The van der Waals surface area contributed by atoms with E-state index in [0.717, 1.165) is 36.8 Å². The lowest BCUT2D eigenvalue weighted by atomic mass is 9.65. The molecule has 0 heterocycles. The number of amides is 1. The molecule has 4 nitrogen and oxygen atoms in total. The van der Waals surface area contributed by atoms with E-state index in [-0.39, 0.29) is 24.2 Å². The highest BCUT2D eigenvalue weighted by Crippen LogP contribution is 2.42. The van der Waals surface area contributed by atoms with E-state index in [0.29, 0.717) is 17.9 Å². The van der Waals surface area contributed by atoms with Crippen LogP contribution in [-0.4, -0.2) is 18.6 Å². The first-order valence-corrected chi connectivity index (χ1v) is 9.48. The Labute approximate surface area is 156 Å². The van der Waals surface area contributed by atoms with Gasteiger partial charge in [0, 0.05) is 17.6 Å². The zero-order chi connectivity index (χ0) is 16.5. The SMILES string of the molecule is Cl.NC1C2CCCC1CC(C(=O)Nc1ccc(OCC3CC3)cc1)C2. The fourth-order valence-electron chi connectivity index (χ4n) is 4.38. The Bertz CT molecular complexity index is 574. The van der Waals surface area contributed by atoms with Crippen molar-refractivity contribution in [2.24, 2.45) is 29.4 Å². The standard InChI is InChI=1S/C20H28N2O2.ClH/c21-19-14-2-1-3-15(19)11-16(10-14)20(23)22-17-6-8-18(9-7-17)24-12-13-4-5-13;/h6-9,13-16,19H,1-5,10-12,21H2,(H,22,23);1H. The summed E-state index contributed by atoms with van der Waals surface area (Å²) in [7, 11) is 0. The molecule has 5 heteroatoms. The van der Waals surface area contributed by atoms with Crippen LogP contribution in [0, 0.1) is 23.7 Å². The molecule has 2 atom stereocenters. The first-order valence-electron chi connectivity index (χ1n) is 9.48. The van der Waals surface area contributed by atoms with Crippen molar-refractivity contribution in [2.45, 2.75) is 51.0 Å². The molecule has 3 N–H and O–H groups in total. The predicted octanol–water partition coefficient (Wildman–Crippen LogP) is 3.99. The summed E-state index contributed by atoms with van der Waals surface area (Å²) in [5, 5.41) is 3.08. The normalized spacial score (nSPS) is 30.9. The molecule has 3 aliphatic rings. The van der Waals surface area contributed by atoms with E-state index in [1.165, 1.54) is 32.1 Å². The summed E-state index contributed by atoms with van der Waals surface area (Å²) >= 11 is 0. The van der Waals surface area contributed by atoms with E-state index < -0.39 is 0 Å². The third-order valence-corrected chi connectivity index (χ3v) is 6.09. The van der Waals surface area contributed by atoms with Crippen molar-refractivity contribution in [3.05, 3.63) is 24.3 Å². The average Bonchev–Trinajstić information content (AvgIpc) is 3.38. The second kappa shape index (κ2) is 7.96. The maximum absolute atomic E-state index is 12.6. The van der Waals surface area contributed by atoms with E-state index in [4.69, 9.17) is 10.5 Å². The quantitative estimate of drug-likeness (QED) is 0.830. The van der Waals surface area contributed by atoms with Crippen LogP contribution in [0.3, 0.4) is 0 Å². The van der Waals surface area contributed by atoms with Crippen LogP contribution in [0.1, 0.15) is 44.9 Å². The van der Waals surface area contributed by atoms with Crippen LogP contribution >= 0.6 is 12.4 Å². The Kier molecular flexibility index (Phi) is 5.90. The third kappa shape index (κ3) is 4.48. The van der Waals surface area contributed by atoms with Gasteiger partial charge in [0.2, 0.25) is 5.91 Å². The first-order chi connectivity index (χ1) is 11.7. The van der Waals surface area contributed by atoms with Gasteiger partial charge in [0.25, 0.3) is 0 Å². The molecule has 0 radical (unpaired) electrons. The summed E-state index contributed by atoms with van der Waals surface area (Å²) < 4.78 is 5.74. The average molecular weight is 365 g/mol. The topological polar surface area (TPSA) is 64.4 Å². The van der Waals surface area contributed by atoms with Crippen LogP contribution in [0.5, 0.6) is 5.75 Å². The molecule has 3 aliphatic carbocycles. The number of ether oxygens (including phenoxy) is 1. The number of hydrogen-bond donors (Lipinski definition) is 2. The minimum atomic E-state index is 0. The van der Waals surface area contributed by atoms with Gasteiger partial charge in [-0.05, 0) is 80.5 Å². The summed E-state index contributed by atoms with van der Waals surface area (Å²) in [5.74, 6) is 2.98. The van der Waals surface area contributed by atoms with Crippen molar-refractivity contribution >= 4 is 24.0 Å². The highest BCUT2D eigenvalue weighted by Gasteiger charge is 2.40. The van der Waals surface area contributed by atoms with Gasteiger partial charge in [0.05, 0.1) is 6.61 Å². The van der Waals surface area contributed by atoms with Gasteiger partial charge < -0.3 is 15.8 Å². The number of carbonyl (C=O) groups excluding carboxylic acids is 1. The van der Waals surface area contributed by atoms with Crippen LogP contribution in [0.2, 0.25) is 0 Å². The zero-order valence-corrected chi connectivity index (χ0v) is 15.5. The van der Waals surface area contributed by atoms with Gasteiger partial charge in [0.1, 0.15) is 5.75 Å². The lowest BCUT2D eigenvalue weighted by molar-refractivity contribution is -0.122. The maximum Gasteiger partial charge on any atom is 0.227 e. The maximum atomic E-state index is 12.6. The summed E-state index contributed by atoms with van der Waals surface area (Å²) in [5.41, 5.74) is 7.18. The number of hydrogen-bond acceptors (Lipinski definition) is 3. The molecular weight excluding hydrogens is 336 g/mol. The van der Waals surface area contributed by atoms with Gasteiger partial charge >= 0.3 is 0 Å². The molecule has 1 amide bonds. The van der Waals surface area contributed by atoms with Gasteiger partial charge in [-0.25, -0.2) is 0 Å². The van der Waals surface area contributed by atoms with E-state index in [9.17, 15) is 4.79 Å². The number of anilines is 1. The molecule has 0 aromatic heterocycles. The number of rotatable bonds is 5. The fraction of sp³-hybridized carbons (Fsp3) is 0.650. The number of benzene rings is 1. The van der Waals surface area contributed by atoms with E-state index in [1.54, 1.807) is 0 Å². The molecule has 2 unspecified atom stereocenters. The van der Waals surface area contributed by atoms with Crippen LogP contribution in [0.15, 0.2) is 24.3 Å². The summed E-state index contributed by atoms with van der Waals surface area (Å²) in [6, 6.07) is 8.09. The Morgan fingerprint density at radius 3 is 2.32 bits per heavy atom. The minimum absolute atomic E-state index is 0. The Morgan fingerprint density at radius 2 is 1.72 bits per heavy atom. The molecule has 1 aromatic rings. The molecule has 0 saturated heterocycles. The number of fused-ring (bicyclic) bond motifs is 2. The first kappa shape index (κ1) is 18.5. The van der Waals surface area contributed by atoms with E-state index >= 15 is 0 Å². The molecule has 2 bridgehead atoms. The molecule has 4 rings (SSSR count). The zero-order valence-electron chi connectivity index (χ0n) is 14.7. The molecule has 3 saturated carbocycles. The Hall–Kier alpha value is -1.26. The fourth-order valence-corrected chi connectivity index (χ4v) is 4.38. The second-order valence-corrected chi connectivity index (χ2v) is 7.96. The molecule has 3 fully saturated rings. The number of nitrogens with two attached hydrogens (primary N) is 1. The predicted molar refractivity (Wildman–Crippen MR) is 102 cm³/mol. The highest BCUT2D eigenvalue weighted by molar-refractivity contribution is 5.92. The van der Waals surface area contributed by atoms with Crippen LogP contribution in [0.4, 0.5) is 5.69 Å². The van der Waals surface area contributed by atoms with Gasteiger partial charge in [-0.1, -0.05) is 6.42 Å². The molecule has 138 valence electrons. The van der Waals surface area contributed by atoms with Crippen molar-refractivity contribution in [1.29, 1.82) is 0 Å². The van der Waals surface area contributed by atoms with Crippen molar-refractivity contribution in [1.82, 2.24) is 0 Å². The molecular formula is C20H29ClN2O2. The van der Waals surface area contributed by atoms with Crippen LogP contribution < -0.4 is 15.8 Å². The third-order valence-electron chi connectivity index (χ3n) is 6.09. The number of nitrogens with one attached hydrogen (secondary N) is 1. The lowest BCUT2D eigenvalue weighted by Gasteiger charge is -2.43. The van der Waals surface area contributed by atoms with Gasteiger partial charge in [-0.2, -0.15) is 0 Å². The summed E-state index contributed by atoms with van der Waals surface area (Å²) in [6.07, 6.45) is 8.14. The van der Waals surface area contributed by atoms with Gasteiger partial charge in [-0.3, -0.25) is 4.79 Å². The van der Waals surface area contributed by atoms with Gasteiger partial charge in [0.15, 0.2) is 0 Å². The van der Waals surface area contributed by atoms with E-state index in [2.05, 4.69) is 5.32 Å². The molecule has 0 aliphatic heterocycles. The van der Waals surface area contributed by atoms with Crippen LogP contribution in [-0.2, 0) is 4.79 Å². The molecule has 0 spiro atoms. The smallest absolute Gasteiger partial charge is 0.227 e.